The standard InChI is InChI=1S/C12H20N4S/c1-10-11(9-13-5-4-6-15(2)3)16-7-8-17-12(16)14-10/h7-8,13H,4-6,9H2,1-3H3. The van der Waals surface area contributed by atoms with Crippen molar-refractivity contribution in [2.75, 3.05) is 27.2 Å². The monoisotopic (exact) mass is 252 g/mol. The first kappa shape index (κ1) is 12.5. The highest BCUT2D eigenvalue weighted by atomic mass is 32.1. The molecule has 0 radical (unpaired) electrons. The van der Waals surface area contributed by atoms with E-state index in [1.807, 2.05) is 0 Å². The van der Waals surface area contributed by atoms with E-state index in [4.69, 9.17) is 0 Å². The van der Waals surface area contributed by atoms with E-state index in [9.17, 15) is 0 Å². The second kappa shape index (κ2) is 5.62. The van der Waals surface area contributed by atoms with Gasteiger partial charge in [-0.05, 0) is 40.5 Å². The lowest BCUT2D eigenvalue weighted by Gasteiger charge is -2.09. The minimum atomic E-state index is 0.900. The lowest BCUT2D eigenvalue weighted by Crippen LogP contribution is -2.21. The van der Waals surface area contributed by atoms with Gasteiger partial charge in [-0.25, -0.2) is 4.98 Å². The van der Waals surface area contributed by atoms with Gasteiger partial charge >= 0.3 is 0 Å². The van der Waals surface area contributed by atoms with Crippen LogP contribution in [0.15, 0.2) is 11.6 Å². The Morgan fingerprint density at radius 2 is 2.29 bits per heavy atom. The molecule has 0 aromatic carbocycles. The second-order valence-electron chi connectivity index (χ2n) is 4.53. The Balaban J connectivity index is 1.86. The maximum Gasteiger partial charge on any atom is 0.194 e. The van der Waals surface area contributed by atoms with Gasteiger partial charge in [-0.1, -0.05) is 0 Å². The molecule has 0 aliphatic rings. The predicted octanol–water partition coefficient (Wildman–Crippen LogP) is 1.75. The van der Waals surface area contributed by atoms with Crippen LogP contribution in [0, 0.1) is 6.92 Å². The van der Waals surface area contributed by atoms with Crippen LogP contribution in [0.3, 0.4) is 0 Å². The van der Waals surface area contributed by atoms with E-state index in [2.05, 4.69) is 52.2 Å². The molecule has 0 atom stereocenters. The third-order valence-corrected chi connectivity index (χ3v) is 3.57. The predicted molar refractivity (Wildman–Crippen MR) is 72.7 cm³/mol. The first-order valence-electron chi connectivity index (χ1n) is 5.95. The highest BCUT2D eigenvalue weighted by Crippen LogP contribution is 2.16. The summed E-state index contributed by atoms with van der Waals surface area (Å²) in [4.78, 5) is 7.83. The normalized spacial score (nSPS) is 11.8. The third-order valence-electron chi connectivity index (χ3n) is 2.81. The fourth-order valence-corrected chi connectivity index (χ4v) is 2.66. The minimum Gasteiger partial charge on any atom is -0.311 e. The summed E-state index contributed by atoms with van der Waals surface area (Å²) in [5, 5.41) is 5.56. The molecule has 1 N–H and O–H groups in total. The van der Waals surface area contributed by atoms with E-state index in [0.29, 0.717) is 0 Å². The lowest BCUT2D eigenvalue weighted by molar-refractivity contribution is 0.394. The van der Waals surface area contributed by atoms with Gasteiger partial charge < -0.3 is 10.2 Å². The minimum absolute atomic E-state index is 0.900. The molecule has 0 bridgehead atoms. The Kier molecular flexibility index (Phi) is 4.15. The van der Waals surface area contributed by atoms with Gasteiger partial charge in [-0.15, -0.1) is 11.3 Å². The van der Waals surface area contributed by atoms with Gasteiger partial charge in [0.2, 0.25) is 0 Å². The summed E-state index contributed by atoms with van der Waals surface area (Å²) in [5.74, 6) is 0. The fourth-order valence-electron chi connectivity index (χ4n) is 1.88. The molecule has 0 unspecified atom stereocenters. The third kappa shape index (κ3) is 3.06. The van der Waals surface area contributed by atoms with Gasteiger partial charge in [0, 0.05) is 18.1 Å². The van der Waals surface area contributed by atoms with Crippen molar-refractivity contribution in [3.63, 3.8) is 0 Å². The molecule has 2 heterocycles. The number of aryl methyl sites for hydroxylation is 1. The van der Waals surface area contributed by atoms with Crippen molar-refractivity contribution in [2.45, 2.75) is 19.9 Å². The largest absolute Gasteiger partial charge is 0.311 e. The summed E-state index contributed by atoms with van der Waals surface area (Å²) >= 11 is 1.69. The van der Waals surface area contributed by atoms with Crippen molar-refractivity contribution in [1.29, 1.82) is 0 Å². The molecule has 2 aromatic rings. The Hall–Kier alpha value is -0.910. The number of aromatic nitrogens is 2. The summed E-state index contributed by atoms with van der Waals surface area (Å²) in [6.07, 6.45) is 3.27. The van der Waals surface area contributed by atoms with E-state index < -0.39 is 0 Å². The summed E-state index contributed by atoms with van der Waals surface area (Å²) in [7, 11) is 4.21. The van der Waals surface area contributed by atoms with Crippen molar-refractivity contribution in [3.8, 4) is 0 Å². The Morgan fingerprint density at radius 3 is 3.06 bits per heavy atom. The van der Waals surface area contributed by atoms with Gasteiger partial charge in [0.25, 0.3) is 0 Å². The topological polar surface area (TPSA) is 32.6 Å². The smallest absolute Gasteiger partial charge is 0.194 e. The molecule has 0 saturated heterocycles. The van der Waals surface area contributed by atoms with E-state index in [0.717, 1.165) is 30.3 Å². The molecule has 0 saturated carbocycles. The van der Waals surface area contributed by atoms with Crippen LogP contribution in [0.4, 0.5) is 0 Å². The maximum absolute atomic E-state index is 4.53. The van der Waals surface area contributed by atoms with E-state index in [-0.39, 0.29) is 0 Å². The molecule has 0 fully saturated rings. The van der Waals surface area contributed by atoms with E-state index in [1.165, 1.54) is 12.1 Å². The Labute approximate surface area is 106 Å². The average molecular weight is 252 g/mol. The van der Waals surface area contributed by atoms with Crippen LogP contribution in [0.2, 0.25) is 0 Å². The summed E-state index contributed by atoms with van der Waals surface area (Å²) in [6, 6.07) is 0. The Morgan fingerprint density at radius 1 is 1.47 bits per heavy atom. The van der Waals surface area contributed by atoms with Crippen molar-refractivity contribution in [3.05, 3.63) is 23.0 Å². The molecular formula is C12H20N4S. The highest BCUT2D eigenvalue weighted by molar-refractivity contribution is 7.15. The quantitative estimate of drug-likeness (QED) is 0.795. The first-order chi connectivity index (χ1) is 8.18. The zero-order valence-corrected chi connectivity index (χ0v) is 11.5. The number of hydrogen-bond donors (Lipinski definition) is 1. The van der Waals surface area contributed by atoms with Gasteiger partial charge in [0.1, 0.15) is 0 Å². The SMILES string of the molecule is Cc1nc2sccn2c1CNCCCN(C)C. The molecule has 0 amide bonds. The van der Waals surface area contributed by atoms with Gasteiger partial charge in [0.05, 0.1) is 11.4 Å². The van der Waals surface area contributed by atoms with Crippen molar-refractivity contribution in [2.24, 2.45) is 0 Å². The molecule has 2 aromatic heterocycles. The molecule has 0 aliphatic carbocycles. The Bertz CT molecular complexity index is 472. The molecule has 94 valence electrons. The van der Waals surface area contributed by atoms with Crippen molar-refractivity contribution in [1.82, 2.24) is 19.6 Å². The zero-order valence-electron chi connectivity index (χ0n) is 10.7. The van der Waals surface area contributed by atoms with E-state index in [1.54, 1.807) is 11.3 Å². The summed E-state index contributed by atoms with van der Waals surface area (Å²) in [6.45, 7) is 5.16. The number of thiazole rings is 1. The first-order valence-corrected chi connectivity index (χ1v) is 6.83. The van der Waals surface area contributed by atoms with E-state index >= 15 is 0 Å². The highest BCUT2D eigenvalue weighted by Gasteiger charge is 2.08. The van der Waals surface area contributed by atoms with Gasteiger partial charge in [0.15, 0.2) is 4.96 Å². The fraction of sp³-hybridized carbons (Fsp3) is 0.583. The van der Waals surface area contributed by atoms with Crippen LogP contribution < -0.4 is 5.32 Å². The lowest BCUT2D eigenvalue weighted by atomic mass is 10.3. The number of nitrogens with one attached hydrogen (secondary N) is 1. The van der Waals surface area contributed by atoms with Gasteiger partial charge in [-0.2, -0.15) is 0 Å². The summed E-state index contributed by atoms with van der Waals surface area (Å²) in [5.41, 5.74) is 2.42. The summed E-state index contributed by atoms with van der Waals surface area (Å²) < 4.78 is 2.18. The average Bonchev–Trinajstić information content (AvgIpc) is 2.80. The number of imidazole rings is 1. The molecule has 17 heavy (non-hydrogen) atoms. The number of nitrogens with zero attached hydrogens (tertiary/aromatic N) is 3. The molecule has 4 nitrogen and oxygen atoms in total. The van der Waals surface area contributed by atoms with Crippen molar-refractivity contribution < 1.29 is 0 Å². The van der Waals surface area contributed by atoms with Crippen LogP contribution in [-0.4, -0.2) is 41.5 Å². The number of hydrogen-bond acceptors (Lipinski definition) is 4. The second-order valence-corrected chi connectivity index (χ2v) is 5.41. The molecule has 5 heteroatoms. The zero-order chi connectivity index (χ0) is 12.3. The van der Waals surface area contributed by atoms with Crippen LogP contribution in [0.25, 0.3) is 4.96 Å². The maximum atomic E-state index is 4.53. The van der Waals surface area contributed by atoms with Crippen LogP contribution in [0.1, 0.15) is 17.8 Å². The molecular weight excluding hydrogens is 232 g/mol. The van der Waals surface area contributed by atoms with Gasteiger partial charge in [-0.3, -0.25) is 4.40 Å². The van der Waals surface area contributed by atoms with Crippen molar-refractivity contribution >= 4 is 16.3 Å². The number of rotatable bonds is 6. The number of fused-ring (bicyclic) bond motifs is 1. The van der Waals surface area contributed by atoms with Crippen LogP contribution in [-0.2, 0) is 6.54 Å². The van der Waals surface area contributed by atoms with Crippen LogP contribution in [0.5, 0.6) is 0 Å². The van der Waals surface area contributed by atoms with Crippen LogP contribution >= 0.6 is 11.3 Å². The molecule has 0 spiro atoms. The molecule has 2 rings (SSSR count). The molecule has 0 aliphatic heterocycles.